The molecule has 1 fully saturated rings. The largest absolute Gasteiger partial charge is 0.405 e. The van der Waals surface area contributed by atoms with E-state index in [2.05, 4.69) is 20.6 Å². The molecule has 2 aliphatic carbocycles. The van der Waals surface area contributed by atoms with Crippen LogP contribution in [0, 0.1) is 5.92 Å². The van der Waals surface area contributed by atoms with E-state index in [4.69, 9.17) is 0 Å². The molecule has 2 heterocycles. The van der Waals surface area contributed by atoms with Crippen LogP contribution in [-0.2, 0) is 4.79 Å². The van der Waals surface area contributed by atoms with Gasteiger partial charge < -0.3 is 20.9 Å². The van der Waals surface area contributed by atoms with Crippen LogP contribution in [-0.4, -0.2) is 40.7 Å². The Bertz CT molecular complexity index is 994. The molecule has 2 aromatic heterocycles. The van der Waals surface area contributed by atoms with Gasteiger partial charge in [-0.25, -0.2) is 9.78 Å². The fourth-order valence-electron chi connectivity index (χ4n) is 3.57. The van der Waals surface area contributed by atoms with Gasteiger partial charge in [0.25, 0.3) is 0 Å². The molecule has 4 N–H and O–H groups in total. The number of aromatic amines is 1. The van der Waals surface area contributed by atoms with Gasteiger partial charge >= 0.3 is 12.2 Å². The zero-order valence-electron chi connectivity index (χ0n) is 16.1. The highest BCUT2D eigenvalue weighted by Gasteiger charge is 2.30. The molecule has 0 saturated heterocycles. The van der Waals surface area contributed by atoms with E-state index >= 15 is 0 Å². The number of anilines is 1. The third-order valence-corrected chi connectivity index (χ3v) is 5.27. The number of H-pyrrole nitrogens is 1. The number of amides is 3. The van der Waals surface area contributed by atoms with Crippen LogP contribution in [0.3, 0.4) is 0 Å². The number of hydrogen-bond acceptors (Lipinski definition) is 3. The van der Waals surface area contributed by atoms with E-state index in [1.165, 1.54) is 0 Å². The topological polar surface area (TPSA) is 98.9 Å². The summed E-state index contributed by atoms with van der Waals surface area (Å²) < 4.78 is 36.6. The molecule has 1 saturated carbocycles. The number of rotatable bonds is 5. The van der Waals surface area contributed by atoms with E-state index in [-0.39, 0.29) is 17.9 Å². The van der Waals surface area contributed by atoms with Crippen molar-refractivity contribution in [2.45, 2.75) is 44.3 Å². The Hall–Kier alpha value is -3.04. The number of halogens is 3. The molecule has 0 aliphatic heterocycles. The summed E-state index contributed by atoms with van der Waals surface area (Å²) in [5.41, 5.74) is 2.68. The third-order valence-electron chi connectivity index (χ3n) is 5.27. The maximum atomic E-state index is 12.2. The Labute approximate surface area is 170 Å². The average Bonchev–Trinajstić information content (AvgIpc) is 3.44. The molecule has 2 aliphatic rings. The summed E-state index contributed by atoms with van der Waals surface area (Å²) in [6, 6.07) is 2.71. The van der Waals surface area contributed by atoms with Gasteiger partial charge in [0, 0.05) is 23.5 Å². The van der Waals surface area contributed by atoms with Crippen molar-refractivity contribution in [1.29, 1.82) is 0 Å². The van der Waals surface area contributed by atoms with Crippen LogP contribution in [0.5, 0.6) is 0 Å². The van der Waals surface area contributed by atoms with Crippen molar-refractivity contribution in [3.63, 3.8) is 0 Å². The summed E-state index contributed by atoms with van der Waals surface area (Å²) in [5, 5.41) is 8.21. The SMILES string of the molecule is O=C(NCC(F)(F)F)NC1CC=C(c2cc(NC(=O)C3CC3)nc3[nH]ccc23)CC1. The Morgan fingerprint density at radius 1 is 1.23 bits per heavy atom. The van der Waals surface area contributed by atoms with Gasteiger partial charge in [-0.2, -0.15) is 13.2 Å². The van der Waals surface area contributed by atoms with Gasteiger partial charge in [0.2, 0.25) is 5.91 Å². The highest BCUT2D eigenvalue weighted by Crippen LogP contribution is 2.34. The minimum Gasteiger partial charge on any atom is -0.346 e. The monoisotopic (exact) mass is 421 g/mol. The minimum absolute atomic E-state index is 0.0221. The summed E-state index contributed by atoms with van der Waals surface area (Å²) in [5.74, 6) is 0.537. The number of hydrogen-bond donors (Lipinski definition) is 4. The van der Waals surface area contributed by atoms with E-state index in [9.17, 15) is 22.8 Å². The predicted octanol–water partition coefficient (Wildman–Crippen LogP) is 3.71. The Balaban J connectivity index is 1.44. The fraction of sp³-hybridized carbons (Fsp3) is 0.450. The van der Waals surface area contributed by atoms with Crippen molar-refractivity contribution in [3.8, 4) is 0 Å². The number of alkyl halides is 3. The lowest BCUT2D eigenvalue weighted by atomic mass is 9.90. The standard InChI is InChI=1S/C20H22F3N5O2/c21-20(22,23)10-25-19(30)26-13-5-3-11(4-6-13)15-9-16(28-18(29)12-1-2-12)27-17-14(15)7-8-24-17/h3,7-9,12-13H,1-2,4-6,10H2,(H2,25,26,30)(H2,24,27,28,29). The van der Waals surface area contributed by atoms with Crippen molar-refractivity contribution >= 4 is 34.4 Å². The molecular weight excluding hydrogens is 399 g/mol. The third kappa shape index (κ3) is 4.92. The van der Waals surface area contributed by atoms with Gasteiger partial charge in [0.15, 0.2) is 0 Å². The van der Waals surface area contributed by atoms with E-state index in [1.807, 2.05) is 23.5 Å². The minimum atomic E-state index is -4.44. The first-order chi connectivity index (χ1) is 14.3. The molecule has 0 spiro atoms. The summed E-state index contributed by atoms with van der Waals surface area (Å²) >= 11 is 0. The molecule has 160 valence electrons. The van der Waals surface area contributed by atoms with Gasteiger partial charge in [-0.15, -0.1) is 0 Å². The van der Waals surface area contributed by atoms with E-state index in [0.29, 0.717) is 30.7 Å². The molecule has 30 heavy (non-hydrogen) atoms. The van der Waals surface area contributed by atoms with Crippen molar-refractivity contribution < 1.29 is 22.8 Å². The number of carbonyl (C=O) groups is 2. The number of pyridine rings is 1. The number of fused-ring (bicyclic) bond motifs is 1. The molecular formula is C20H22F3N5O2. The zero-order chi connectivity index (χ0) is 21.3. The van der Waals surface area contributed by atoms with Crippen LogP contribution < -0.4 is 16.0 Å². The lowest BCUT2D eigenvalue weighted by Crippen LogP contribution is -2.45. The van der Waals surface area contributed by atoms with E-state index in [0.717, 1.165) is 29.4 Å². The summed E-state index contributed by atoms with van der Waals surface area (Å²) in [6.07, 6.45) is 2.88. The zero-order valence-corrected chi connectivity index (χ0v) is 16.1. The molecule has 7 nitrogen and oxygen atoms in total. The van der Waals surface area contributed by atoms with Crippen LogP contribution in [0.25, 0.3) is 16.6 Å². The second-order valence-electron chi connectivity index (χ2n) is 7.70. The number of nitrogens with zero attached hydrogens (tertiary/aromatic N) is 1. The van der Waals surface area contributed by atoms with Gasteiger partial charge in [0.1, 0.15) is 18.0 Å². The van der Waals surface area contributed by atoms with Crippen molar-refractivity contribution in [2.24, 2.45) is 5.92 Å². The average molecular weight is 421 g/mol. The molecule has 4 rings (SSSR count). The van der Waals surface area contributed by atoms with Gasteiger partial charge in [-0.05, 0) is 55.4 Å². The second kappa shape index (κ2) is 8.00. The first-order valence-electron chi connectivity index (χ1n) is 9.88. The van der Waals surface area contributed by atoms with Gasteiger partial charge in [0.05, 0.1) is 0 Å². The number of allylic oxidation sites excluding steroid dienone is 1. The molecule has 2 aromatic rings. The highest BCUT2D eigenvalue weighted by molar-refractivity contribution is 5.97. The number of carbonyl (C=O) groups excluding carboxylic acids is 2. The quantitative estimate of drug-likeness (QED) is 0.592. The summed E-state index contributed by atoms with van der Waals surface area (Å²) in [4.78, 5) is 31.3. The van der Waals surface area contributed by atoms with Crippen LogP contribution in [0.2, 0.25) is 0 Å². The molecule has 1 unspecified atom stereocenters. The van der Waals surface area contributed by atoms with Crippen molar-refractivity contribution in [3.05, 3.63) is 30.0 Å². The van der Waals surface area contributed by atoms with E-state index in [1.54, 1.807) is 6.20 Å². The summed E-state index contributed by atoms with van der Waals surface area (Å²) in [7, 11) is 0. The molecule has 0 bridgehead atoms. The van der Waals surface area contributed by atoms with Crippen LogP contribution in [0.15, 0.2) is 24.4 Å². The van der Waals surface area contributed by atoms with Gasteiger partial charge in [-0.1, -0.05) is 6.08 Å². The first kappa shape index (κ1) is 20.2. The normalized spacial score (nSPS) is 19.3. The van der Waals surface area contributed by atoms with Crippen molar-refractivity contribution in [2.75, 3.05) is 11.9 Å². The smallest absolute Gasteiger partial charge is 0.346 e. The van der Waals surface area contributed by atoms with Crippen LogP contribution >= 0.6 is 0 Å². The molecule has 1 atom stereocenters. The second-order valence-corrected chi connectivity index (χ2v) is 7.70. The Morgan fingerprint density at radius 2 is 2.03 bits per heavy atom. The molecule has 3 amide bonds. The molecule has 0 aromatic carbocycles. The van der Waals surface area contributed by atoms with Crippen molar-refractivity contribution in [1.82, 2.24) is 20.6 Å². The number of nitrogens with one attached hydrogen (secondary N) is 4. The number of urea groups is 1. The number of aromatic nitrogens is 2. The maximum Gasteiger partial charge on any atom is 0.405 e. The Kier molecular flexibility index (Phi) is 5.40. The van der Waals surface area contributed by atoms with E-state index < -0.39 is 18.8 Å². The highest BCUT2D eigenvalue weighted by atomic mass is 19.4. The van der Waals surface area contributed by atoms with Crippen LogP contribution in [0.1, 0.15) is 37.7 Å². The van der Waals surface area contributed by atoms with Gasteiger partial charge in [-0.3, -0.25) is 4.79 Å². The fourth-order valence-corrected chi connectivity index (χ4v) is 3.57. The summed E-state index contributed by atoms with van der Waals surface area (Å²) in [6.45, 7) is -1.36. The van der Waals surface area contributed by atoms with Crippen LogP contribution in [0.4, 0.5) is 23.8 Å². The Morgan fingerprint density at radius 3 is 2.70 bits per heavy atom. The molecule has 0 radical (unpaired) electrons. The molecule has 10 heteroatoms. The first-order valence-corrected chi connectivity index (χ1v) is 9.88. The predicted molar refractivity (Wildman–Crippen MR) is 106 cm³/mol. The lowest BCUT2D eigenvalue weighted by molar-refractivity contribution is -0.122. The lowest BCUT2D eigenvalue weighted by Gasteiger charge is -2.24. The maximum absolute atomic E-state index is 12.2.